The third-order valence-corrected chi connectivity index (χ3v) is 3.60. The van der Waals surface area contributed by atoms with Crippen LogP contribution in [0.25, 0.3) is 0 Å². The van der Waals surface area contributed by atoms with Crippen LogP contribution in [0.4, 0.5) is 0 Å². The number of halogens is 1. The molecule has 8 nitrogen and oxygen atoms in total. The third kappa shape index (κ3) is 6.54. The quantitative estimate of drug-likeness (QED) is 0.341. The lowest BCUT2D eigenvalue weighted by Gasteiger charge is -2.31. The molecule has 0 N–H and O–H groups in total. The monoisotopic (exact) mass is 344 g/mol. The van der Waals surface area contributed by atoms with Crippen molar-refractivity contribution in [3.63, 3.8) is 0 Å². The molecule has 1 aliphatic rings. The molecule has 0 saturated carbocycles. The first-order valence-corrected chi connectivity index (χ1v) is 7.73. The average Bonchev–Trinajstić information content (AvgIpc) is 2.51. The molecule has 1 aromatic rings. The van der Waals surface area contributed by atoms with Crippen molar-refractivity contribution in [1.82, 2.24) is 19.9 Å². The van der Waals surface area contributed by atoms with Gasteiger partial charge in [0.05, 0.1) is 18.1 Å². The van der Waals surface area contributed by atoms with E-state index in [0.717, 1.165) is 19.6 Å². The van der Waals surface area contributed by atoms with Gasteiger partial charge in [0.15, 0.2) is 0 Å². The number of hydrogen-bond donors (Lipinski definition) is 0. The molecule has 0 radical (unpaired) electrons. The Labute approximate surface area is 142 Å². The van der Waals surface area contributed by atoms with Crippen LogP contribution in [0.1, 0.15) is 27.7 Å². The summed E-state index contributed by atoms with van der Waals surface area (Å²) in [5, 5.41) is 17.0. The van der Waals surface area contributed by atoms with Crippen molar-refractivity contribution in [2.75, 3.05) is 32.7 Å². The summed E-state index contributed by atoms with van der Waals surface area (Å²) in [6, 6.07) is 1.48. The molecule has 0 aromatic carbocycles. The van der Waals surface area contributed by atoms with Crippen LogP contribution in [0.2, 0.25) is 5.28 Å². The molecular formula is C14H25ClN6O2. The van der Waals surface area contributed by atoms with Crippen LogP contribution >= 0.6 is 11.6 Å². The summed E-state index contributed by atoms with van der Waals surface area (Å²) < 4.78 is 0. The van der Waals surface area contributed by atoms with E-state index < -0.39 is 0 Å². The van der Waals surface area contributed by atoms with E-state index in [1.54, 1.807) is 5.01 Å². The Bertz CT molecular complexity index is 506. The maximum Gasteiger partial charge on any atom is 0.259 e. The summed E-state index contributed by atoms with van der Waals surface area (Å²) in [5.74, 6) is 0.827. The van der Waals surface area contributed by atoms with Crippen molar-refractivity contribution in [2.45, 2.75) is 27.7 Å². The van der Waals surface area contributed by atoms with Crippen molar-refractivity contribution in [3.05, 3.63) is 22.8 Å². The highest BCUT2D eigenvalue weighted by molar-refractivity contribution is 6.28. The van der Waals surface area contributed by atoms with Crippen molar-refractivity contribution >= 4 is 11.6 Å². The SMILES string of the molecule is C.CC(C)CCN1CCN(/[N+]([O-])=N/Oc2ccnc(Cl)n2)CC1. The van der Waals surface area contributed by atoms with E-state index in [1.807, 2.05) is 0 Å². The van der Waals surface area contributed by atoms with Crippen LogP contribution in [0.15, 0.2) is 17.5 Å². The van der Waals surface area contributed by atoms with Crippen LogP contribution < -0.4 is 4.84 Å². The molecule has 0 atom stereocenters. The fourth-order valence-electron chi connectivity index (χ4n) is 2.07. The zero-order chi connectivity index (χ0) is 15.9. The Morgan fingerprint density at radius 2 is 2.09 bits per heavy atom. The fraction of sp³-hybridized carbons (Fsp3) is 0.714. The van der Waals surface area contributed by atoms with Crippen molar-refractivity contribution < 1.29 is 9.81 Å². The lowest BCUT2D eigenvalue weighted by atomic mass is 10.1. The van der Waals surface area contributed by atoms with Gasteiger partial charge in [-0.15, -0.1) is 5.01 Å². The molecule has 1 fully saturated rings. The Hall–Kier alpha value is -1.67. The molecule has 23 heavy (non-hydrogen) atoms. The van der Waals surface area contributed by atoms with Gasteiger partial charge in [0.1, 0.15) is 0 Å². The van der Waals surface area contributed by atoms with Crippen LogP contribution in [-0.4, -0.2) is 57.6 Å². The number of hydrogen-bond acceptors (Lipinski definition) is 6. The Morgan fingerprint density at radius 1 is 1.39 bits per heavy atom. The van der Waals surface area contributed by atoms with Gasteiger partial charge in [-0.3, -0.25) is 9.74 Å². The zero-order valence-corrected chi connectivity index (χ0v) is 13.6. The number of aromatic nitrogens is 2. The first-order valence-electron chi connectivity index (χ1n) is 7.35. The molecule has 0 unspecified atom stereocenters. The second kappa shape index (κ2) is 9.46. The molecule has 1 aliphatic heterocycles. The van der Waals surface area contributed by atoms with Gasteiger partial charge in [0.2, 0.25) is 10.6 Å². The van der Waals surface area contributed by atoms with E-state index in [2.05, 4.69) is 34.0 Å². The number of rotatable bonds is 6. The number of piperazine rings is 1. The lowest BCUT2D eigenvalue weighted by Crippen LogP contribution is -2.49. The van der Waals surface area contributed by atoms with Crippen molar-refractivity contribution in [1.29, 1.82) is 0 Å². The maximum atomic E-state index is 11.9. The van der Waals surface area contributed by atoms with Gasteiger partial charge in [-0.1, -0.05) is 21.3 Å². The minimum Gasteiger partial charge on any atom is -0.569 e. The minimum atomic E-state index is 0. The van der Waals surface area contributed by atoms with E-state index >= 15 is 0 Å². The number of hydrazine groups is 1. The predicted molar refractivity (Wildman–Crippen MR) is 87.9 cm³/mol. The largest absolute Gasteiger partial charge is 0.569 e. The molecule has 0 amide bonds. The van der Waals surface area contributed by atoms with Gasteiger partial charge in [0.25, 0.3) is 5.88 Å². The fourth-order valence-corrected chi connectivity index (χ4v) is 2.21. The van der Waals surface area contributed by atoms with Gasteiger partial charge in [-0.2, -0.15) is 4.98 Å². The van der Waals surface area contributed by atoms with Crippen molar-refractivity contribution in [2.24, 2.45) is 11.2 Å². The van der Waals surface area contributed by atoms with Gasteiger partial charge < -0.3 is 5.21 Å². The molecule has 9 heteroatoms. The Kier molecular flexibility index (Phi) is 7.97. The lowest BCUT2D eigenvalue weighted by molar-refractivity contribution is -0.709. The minimum absolute atomic E-state index is 0. The van der Waals surface area contributed by atoms with Gasteiger partial charge >= 0.3 is 0 Å². The van der Waals surface area contributed by atoms with Crippen molar-refractivity contribution in [3.8, 4) is 5.88 Å². The first-order chi connectivity index (χ1) is 10.5. The normalized spacial score (nSPS) is 16.3. The summed E-state index contributed by atoms with van der Waals surface area (Å²) >= 11 is 5.63. The van der Waals surface area contributed by atoms with E-state index in [0.29, 0.717) is 24.0 Å². The van der Waals surface area contributed by atoms with E-state index in [4.69, 9.17) is 16.4 Å². The Balaban J connectivity index is 0.00000264. The standard InChI is InChI=1S/C13H21ClN6O2.CH4/c1-11(2)4-6-18-7-9-19(10-8-18)20(21)17-22-12-3-5-15-13(14)16-12;/h3,5,11H,4,6-10H2,1-2H3;1H4/b20-17-;. The molecule has 130 valence electrons. The van der Waals surface area contributed by atoms with Crippen LogP contribution in [0.3, 0.4) is 0 Å². The molecule has 1 aromatic heterocycles. The average molecular weight is 345 g/mol. The van der Waals surface area contributed by atoms with E-state index in [9.17, 15) is 5.21 Å². The third-order valence-electron chi connectivity index (χ3n) is 3.42. The second-order valence-electron chi connectivity index (χ2n) is 5.57. The molecular weight excluding hydrogens is 320 g/mol. The highest BCUT2D eigenvalue weighted by atomic mass is 35.5. The number of nitrogens with zero attached hydrogens (tertiary/aromatic N) is 6. The predicted octanol–water partition coefficient (Wildman–Crippen LogP) is 2.60. The highest BCUT2D eigenvalue weighted by Crippen LogP contribution is 2.10. The molecule has 0 aliphatic carbocycles. The summed E-state index contributed by atoms with van der Waals surface area (Å²) in [4.78, 5) is 15.3. The van der Waals surface area contributed by atoms with Gasteiger partial charge in [0, 0.05) is 25.4 Å². The molecule has 2 rings (SSSR count). The smallest absolute Gasteiger partial charge is 0.259 e. The van der Waals surface area contributed by atoms with E-state index in [1.165, 1.54) is 18.7 Å². The zero-order valence-electron chi connectivity index (χ0n) is 12.9. The topological polar surface area (TPSA) is 79.9 Å². The molecule has 0 bridgehead atoms. The van der Waals surface area contributed by atoms with Gasteiger partial charge in [-0.05, 0) is 30.5 Å². The summed E-state index contributed by atoms with van der Waals surface area (Å²) in [6.45, 7) is 8.44. The Morgan fingerprint density at radius 3 is 2.70 bits per heavy atom. The second-order valence-corrected chi connectivity index (χ2v) is 5.91. The van der Waals surface area contributed by atoms with Crippen LogP contribution in [-0.2, 0) is 0 Å². The van der Waals surface area contributed by atoms with Gasteiger partial charge in [-0.25, -0.2) is 4.98 Å². The molecule has 2 heterocycles. The molecule has 0 spiro atoms. The summed E-state index contributed by atoms with van der Waals surface area (Å²) in [6.07, 6.45) is 2.60. The summed E-state index contributed by atoms with van der Waals surface area (Å²) in [7, 11) is 0. The first kappa shape index (κ1) is 19.4. The highest BCUT2D eigenvalue weighted by Gasteiger charge is 2.22. The van der Waals surface area contributed by atoms with Crippen LogP contribution in [0.5, 0.6) is 5.88 Å². The van der Waals surface area contributed by atoms with Crippen LogP contribution in [0, 0.1) is 11.1 Å². The maximum absolute atomic E-state index is 11.9. The molecule has 1 saturated heterocycles. The van der Waals surface area contributed by atoms with E-state index in [-0.39, 0.29) is 18.6 Å². The summed E-state index contributed by atoms with van der Waals surface area (Å²) in [5.41, 5.74) is 0.